The zero-order valence-corrected chi connectivity index (χ0v) is 21.5. The molecule has 1 saturated heterocycles. The van der Waals surface area contributed by atoms with Gasteiger partial charge in [0.2, 0.25) is 0 Å². The lowest BCUT2D eigenvalue weighted by molar-refractivity contribution is -0.165. The second-order valence-electron chi connectivity index (χ2n) is 12.2. The Morgan fingerprint density at radius 2 is 1.97 bits per heavy atom. The second kappa shape index (κ2) is 7.35. The molecule has 1 aromatic heterocycles. The largest absolute Gasteiger partial charge is 0.388 e. The van der Waals surface area contributed by atoms with E-state index in [1.54, 1.807) is 6.20 Å². The van der Waals surface area contributed by atoms with Gasteiger partial charge in [-0.25, -0.2) is 0 Å². The number of hydrogen-bond acceptors (Lipinski definition) is 6. The van der Waals surface area contributed by atoms with Crippen LogP contribution in [-0.4, -0.2) is 68.9 Å². The van der Waals surface area contributed by atoms with Crippen LogP contribution >= 0.6 is 0 Å². The average molecular weight is 486 g/mol. The average Bonchev–Trinajstić information content (AvgIpc) is 3.39. The van der Waals surface area contributed by atoms with Crippen LogP contribution in [-0.2, 0) is 4.74 Å². The van der Waals surface area contributed by atoms with Crippen molar-refractivity contribution >= 4 is 16.5 Å². The molecule has 0 amide bonds. The maximum atomic E-state index is 11.2. The number of likely N-dealkylation sites (N-methyl/N-ethyl adjacent to an activating group) is 1. The molecule has 3 aliphatic carbocycles. The highest BCUT2D eigenvalue weighted by molar-refractivity contribution is 5.85. The number of aliphatic hydroxyl groups excluding tert-OH is 2. The quantitative estimate of drug-likeness (QED) is 0.672. The van der Waals surface area contributed by atoms with E-state index in [-0.39, 0.29) is 17.1 Å². The Bertz CT molecular complexity index is 1360. The molecule has 1 saturated carbocycles. The molecule has 1 aromatic carbocycles. The molecule has 2 N–H and O–H groups in total. The molecule has 7 rings (SSSR count). The summed E-state index contributed by atoms with van der Waals surface area (Å²) in [5.74, 6) is 0.606. The second-order valence-corrected chi connectivity index (χ2v) is 12.2. The summed E-state index contributed by atoms with van der Waals surface area (Å²) in [4.78, 5) is 2.03. The minimum absolute atomic E-state index is 0.0794. The van der Waals surface area contributed by atoms with Gasteiger partial charge in [-0.05, 0) is 80.1 Å². The summed E-state index contributed by atoms with van der Waals surface area (Å²) >= 11 is 0. The number of rotatable bonds is 2. The van der Waals surface area contributed by atoms with Crippen LogP contribution < -0.4 is 0 Å². The summed E-state index contributed by atoms with van der Waals surface area (Å²) < 4.78 is 7.27. The highest BCUT2D eigenvalue weighted by Crippen LogP contribution is 2.69. The Morgan fingerprint density at radius 3 is 2.78 bits per heavy atom. The molecule has 2 spiro atoms. The Labute approximate surface area is 212 Å². The Morgan fingerprint density at radius 1 is 1.14 bits per heavy atom. The van der Waals surface area contributed by atoms with E-state index in [2.05, 4.69) is 60.5 Å². The van der Waals surface area contributed by atoms with Crippen LogP contribution in [0.4, 0.5) is 0 Å². The van der Waals surface area contributed by atoms with E-state index in [9.17, 15) is 10.2 Å². The van der Waals surface area contributed by atoms with Gasteiger partial charge in [0.15, 0.2) is 0 Å². The molecule has 2 bridgehead atoms. The normalized spacial score (nSPS) is 43.0. The topological polar surface area (TPSA) is 78.7 Å². The lowest BCUT2D eigenvalue weighted by Gasteiger charge is -2.57. The lowest BCUT2D eigenvalue weighted by atomic mass is 9.54. The third-order valence-electron chi connectivity index (χ3n) is 10.5. The Kier molecular flexibility index (Phi) is 4.65. The van der Waals surface area contributed by atoms with Gasteiger partial charge in [-0.3, -0.25) is 0 Å². The molecule has 8 atom stereocenters. The molecule has 0 radical (unpaired) electrons. The third-order valence-corrected chi connectivity index (χ3v) is 10.5. The zero-order valence-electron chi connectivity index (χ0n) is 21.5. The van der Waals surface area contributed by atoms with E-state index < -0.39 is 17.8 Å². The lowest BCUT2D eigenvalue weighted by Crippen LogP contribution is -2.62. The molecule has 2 aliphatic heterocycles. The van der Waals surface area contributed by atoms with Crippen LogP contribution in [0.5, 0.6) is 0 Å². The van der Waals surface area contributed by atoms with Gasteiger partial charge in [-0.2, -0.15) is 10.2 Å². The van der Waals surface area contributed by atoms with E-state index in [0.29, 0.717) is 18.3 Å². The van der Waals surface area contributed by atoms with Crippen molar-refractivity contribution in [2.45, 2.75) is 69.0 Å². The first-order valence-electron chi connectivity index (χ1n) is 13.3. The summed E-state index contributed by atoms with van der Waals surface area (Å²) in [6, 6.07) is 8.43. The van der Waals surface area contributed by atoms with Gasteiger partial charge in [-0.1, -0.05) is 44.2 Å². The van der Waals surface area contributed by atoms with Crippen LogP contribution in [0.25, 0.3) is 16.5 Å². The van der Waals surface area contributed by atoms with Gasteiger partial charge >= 0.3 is 0 Å². The van der Waals surface area contributed by atoms with E-state index >= 15 is 0 Å². The third kappa shape index (κ3) is 2.71. The molecule has 6 heteroatoms. The maximum absolute atomic E-state index is 11.2. The minimum Gasteiger partial charge on any atom is -0.388 e. The molecule has 3 heterocycles. The Hall–Kier alpha value is -2.38. The van der Waals surface area contributed by atoms with Crippen molar-refractivity contribution in [3.05, 3.63) is 65.4 Å². The number of hydrogen-bond donors (Lipinski definition) is 2. The van der Waals surface area contributed by atoms with Gasteiger partial charge in [0, 0.05) is 22.8 Å². The van der Waals surface area contributed by atoms with Crippen LogP contribution in [0.2, 0.25) is 0 Å². The summed E-state index contributed by atoms with van der Waals surface area (Å²) in [6.07, 6.45) is 10.5. The van der Waals surface area contributed by atoms with Crippen molar-refractivity contribution in [1.29, 1.82) is 0 Å². The van der Waals surface area contributed by atoms with Crippen LogP contribution in [0.15, 0.2) is 59.8 Å². The Balaban J connectivity index is 1.33. The molecule has 36 heavy (non-hydrogen) atoms. The van der Waals surface area contributed by atoms with E-state index in [0.717, 1.165) is 35.7 Å². The molecular formula is C30H35N3O3. The van der Waals surface area contributed by atoms with Crippen molar-refractivity contribution in [1.82, 2.24) is 15.1 Å². The molecule has 5 aliphatic rings. The monoisotopic (exact) mass is 485 g/mol. The molecule has 188 valence electrons. The first kappa shape index (κ1) is 22.8. The fourth-order valence-electron chi connectivity index (χ4n) is 8.40. The van der Waals surface area contributed by atoms with Crippen molar-refractivity contribution in [2.75, 3.05) is 14.1 Å². The summed E-state index contributed by atoms with van der Waals surface area (Å²) in [7, 11) is 3.95. The molecular weight excluding hydrogens is 450 g/mol. The fraction of sp³-hybridized carbons (Fsp3) is 0.533. The number of nitrogens with zero attached hydrogens (tertiary/aromatic N) is 3. The minimum atomic E-state index is -0.900. The van der Waals surface area contributed by atoms with E-state index in [4.69, 9.17) is 4.74 Å². The van der Waals surface area contributed by atoms with Gasteiger partial charge in [-0.15, -0.1) is 0 Å². The zero-order chi connectivity index (χ0) is 25.0. The molecule has 2 fully saturated rings. The number of ether oxygens (including phenoxy) is 1. The molecule has 6 nitrogen and oxygen atoms in total. The number of fused-ring (bicyclic) bond motifs is 2. The highest BCUT2D eigenvalue weighted by atomic mass is 16.5. The SMILES string of the molecule is CC1C=C2C=C3[C@@H](O)[C@H](O)[C@@H](N(C)C)C[C@]34CC[C@]2(O4)C2CC=C(c3ccc4ccnnc4c3)[C@@]12C. The van der Waals surface area contributed by atoms with Crippen molar-refractivity contribution in [2.24, 2.45) is 17.3 Å². The number of benzene rings is 1. The van der Waals surface area contributed by atoms with Crippen molar-refractivity contribution < 1.29 is 14.9 Å². The number of aromatic nitrogens is 2. The molecule has 2 aromatic rings. The van der Waals surface area contributed by atoms with Gasteiger partial charge in [0.1, 0.15) is 6.10 Å². The first-order chi connectivity index (χ1) is 17.2. The summed E-state index contributed by atoms with van der Waals surface area (Å²) in [5, 5.41) is 31.7. The number of aliphatic hydroxyl groups is 2. The van der Waals surface area contributed by atoms with Crippen LogP contribution in [0.1, 0.15) is 45.1 Å². The highest BCUT2D eigenvalue weighted by Gasteiger charge is 2.68. The van der Waals surface area contributed by atoms with E-state index in [1.807, 2.05) is 25.1 Å². The predicted octanol–water partition coefficient (Wildman–Crippen LogP) is 3.90. The van der Waals surface area contributed by atoms with E-state index in [1.165, 1.54) is 16.7 Å². The summed E-state index contributed by atoms with van der Waals surface area (Å²) in [6.45, 7) is 4.73. The van der Waals surface area contributed by atoms with Crippen molar-refractivity contribution in [3.8, 4) is 0 Å². The number of allylic oxidation sites excluding steroid dienone is 3. The standard InChI is InChI=1S/C30H35N3O3/c1-17-13-20-15-22-26(34)27(35)24(33(3)4)16-29(22)10-11-30(20,36-29)25-8-7-21(28(17,25)2)19-6-5-18-9-12-31-32-23(18)14-19/h5-7,9,12-15,17,24-27,34-35H,8,10-11,16H2,1-4H3/t17?,24-,25?,26+,27+,28+,29+,30+/m0/s1. The predicted molar refractivity (Wildman–Crippen MR) is 139 cm³/mol. The first-order valence-corrected chi connectivity index (χ1v) is 13.3. The smallest absolute Gasteiger partial charge is 0.105 e. The fourth-order valence-corrected chi connectivity index (χ4v) is 8.40. The molecule has 2 unspecified atom stereocenters. The van der Waals surface area contributed by atoms with Gasteiger partial charge in [0.25, 0.3) is 0 Å². The summed E-state index contributed by atoms with van der Waals surface area (Å²) in [5.41, 5.74) is 4.65. The van der Waals surface area contributed by atoms with Gasteiger partial charge in [0.05, 0.1) is 29.0 Å². The van der Waals surface area contributed by atoms with Crippen LogP contribution in [0, 0.1) is 17.3 Å². The van der Waals surface area contributed by atoms with Gasteiger partial charge < -0.3 is 19.8 Å². The van der Waals surface area contributed by atoms with Crippen molar-refractivity contribution in [3.63, 3.8) is 0 Å². The van der Waals surface area contributed by atoms with Crippen LogP contribution in [0.3, 0.4) is 0 Å². The maximum Gasteiger partial charge on any atom is 0.105 e.